The number of aromatic nitrogens is 1. The number of rotatable bonds is 11. The number of hydroxylamine groups is 2. The van der Waals surface area contributed by atoms with Crippen molar-refractivity contribution in [1.82, 2.24) is 25.2 Å². The highest BCUT2D eigenvalue weighted by atomic mass is 32.2. The molecule has 0 saturated carbocycles. The molecule has 6 rings (SSSR count). The highest BCUT2D eigenvalue weighted by Crippen LogP contribution is 2.50. The van der Waals surface area contributed by atoms with Crippen molar-refractivity contribution < 1.29 is 45.8 Å². The zero-order valence-corrected chi connectivity index (χ0v) is 30.2. The maximum absolute atomic E-state index is 15.2. The van der Waals surface area contributed by atoms with E-state index in [1.54, 1.807) is 6.92 Å². The summed E-state index contributed by atoms with van der Waals surface area (Å²) in [5.41, 5.74) is -3.57. The first-order chi connectivity index (χ1) is 25.0. The minimum atomic E-state index is -4.95. The number of nitrogens with one attached hydrogen (secondary N) is 1. The fourth-order valence-electron chi connectivity index (χ4n) is 7.12. The Morgan fingerprint density at radius 2 is 1.67 bits per heavy atom. The van der Waals surface area contributed by atoms with Gasteiger partial charge in [-0.15, -0.1) is 5.06 Å². The van der Waals surface area contributed by atoms with Gasteiger partial charge in [-0.2, -0.15) is 4.31 Å². The summed E-state index contributed by atoms with van der Waals surface area (Å²) in [6.45, 7) is 9.58. The van der Waals surface area contributed by atoms with E-state index in [4.69, 9.17) is 19.0 Å². The number of hydrogen-bond donors (Lipinski definition) is 1. The smallest absolute Gasteiger partial charge is 0.427 e. The van der Waals surface area contributed by atoms with Crippen LogP contribution in [0.15, 0.2) is 53.6 Å². The van der Waals surface area contributed by atoms with E-state index in [-0.39, 0.29) is 35.1 Å². The number of fused-ring (bicyclic) bond motifs is 1. The van der Waals surface area contributed by atoms with E-state index in [0.29, 0.717) is 35.6 Å². The van der Waals surface area contributed by atoms with Crippen molar-refractivity contribution in [2.24, 2.45) is 0 Å². The van der Waals surface area contributed by atoms with Crippen molar-refractivity contribution in [3.63, 3.8) is 0 Å². The van der Waals surface area contributed by atoms with Gasteiger partial charge in [-0.3, -0.25) is 15.0 Å². The molecule has 1 aromatic heterocycles. The highest BCUT2D eigenvalue weighted by molar-refractivity contribution is 7.93. The number of anilines is 1. The Hall–Kier alpha value is -4.58. The van der Waals surface area contributed by atoms with E-state index in [9.17, 15) is 18.0 Å². The number of pyridine rings is 1. The summed E-state index contributed by atoms with van der Waals surface area (Å²) in [5, 5.41) is 4.03. The Labute approximate surface area is 301 Å². The second-order valence-electron chi connectivity index (χ2n) is 12.5. The van der Waals surface area contributed by atoms with E-state index in [0.717, 1.165) is 51.6 Å². The van der Waals surface area contributed by atoms with Crippen LogP contribution in [-0.4, -0.2) is 113 Å². The monoisotopic (exact) mass is 744 g/mol. The number of sulfonamides is 1. The van der Waals surface area contributed by atoms with Crippen LogP contribution in [0.5, 0.6) is 17.4 Å². The molecule has 2 aromatic carbocycles. The lowest BCUT2D eigenvalue weighted by Gasteiger charge is -2.42. The zero-order chi connectivity index (χ0) is 37.2. The maximum atomic E-state index is 15.2. The van der Waals surface area contributed by atoms with Crippen molar-refractivity contribution in [1.29, 1.82) is 0 Å². The average molecular weight is 745 g/mol. The molecule has 2 saturated heterocycles. The van der Waals surface area contributed by atoms with Crippen LogP contribution in [0.4, 0.5) is 19.3 Å². The van der Waals surface area contributed by atoms with Crippen molar-refractivity contribution in [3.8, 4) is 17.4 Å². The second kappa shape index (κ2) is 15.2. The molecular formula is C35H42F2N6O8S. The van der Waals surface area contributed by atoms with Crippen LogP contribution in [0.1, 0.15) is 37.8 Å². The fourth-order valence-corrected chi connectivity index (χ4v) is 8.72. The minimum absolute atomic E-state index is 0.0663. The molecule has 1 N–H and O–H groups in total. The largest absolute Gasteiger partial charge is 0.497 e. The quantitative estimate of drug-likeness (QED) is 0.307. The third-order valence-electron chi connectivity index (χ3n) is 9.81. The summed E-state index contributed by atoms with van der Waals surface area (Å²) in [7, 11) is -2.34. The predicted molar refractivity (Wildman–Crippen MR) is 185 cm³/mol. The Balaban J connectivity index is 1.38. The predicted octanol–water partition coefficient (Wildman–Crippen LogP) is 3.50. The second-order valence-corrected chi connectivity index (χ2v) is 14.3. The number of carbonyl (C=O) groups excluding carboxylic acids is 2. The van der Waals surface area contributed by atoms with Gasteiger partial charge in [0.25, 0.3) is 15.9 Å². The minimum Gasteiger partial charge on any atom is -0.497 e. The van der Waals surface area contributed by atoms with Crippen molar-refractivity contribution in [2.45, 2.75) is 43.2 Å². The maximum Gasteiger partial charge on any atom is 0.427 e. The van der Waals surface area contributed by atoms with Gasteiger partial charge in [0.15, 0.2) is 17.2 Å². The van der Waals surface area contributed by atoms with Gasteiger partial charge in [-0.25, -0.2) is 27.0 Å². The topological polar surface area (TPSA) is 143 Å². The van der Waals surface area contributed by atoms with E-state index in [2.05, 4.69) is 27.0 Å². The Morgan fingerprint density at radius 1 is 0.962 bits per heavy atom. The number of carbonyl (C=O) groups is 2. The number of methoxy groups -OCH3 is 2. The molecule has 1 unspecified atom stereocenters. The number of piperazine rings is 1. The third kappa shape index (κ3) is 6.73. The molecule has 0 radical (unpaired) electrons. The lowest BCUT2D eigenvalue weighted by atomic mass is 9.84. The molecule has 3 aromatic rings. The summed E-state index contributed by atoms with van der Waals surface area (Å²) in [5.74, 6) is -4.19. The van der Waals surface area contributed by atoms with Crippen molar-refractivity contribution in [2.75, 3.05) is 70.9 Å². The van der Waals surface area contributed by atoms with Crippen molar-refractivity contribution >= 4 is 27.7 Å². The molecule has 0 bridgehead atoms. The van der Waals surface area contributed by atoms with Gasteiger partial charge in [-0.05, 0) is 56.6 Å². The third-order valence-corrected chi connectivity index (χ3v) is 11.5. The number of amides is 2. The normalized spacial score (nSPS) is 20.4. The van der Waals surface area contributed by atoms with Gasteiger partial charge in [0.05, 0.1) is 32.1 Å². The lowest BCUT2D eigenvalue weighted by molar-refractivity contribution is -0.130. The van der Waals surface area contributed by atoms with Crippen LogP contribution in [0.3, 0.4) is 0 Å². The molecule has 280 valence electrons. The van der Waals surface area contributed by atoms with Gasteiger partial charge >= 0.3 is 6.09 Å². The van der Waals surface area contributed by atoms with Crippen LogP contribution in [0, 0.1) is 11.6 Å². The molecule has 52 heavy (non-hydrogen) atoms. The molecule has 14 nitrogen and oxygen atoms in total. The number of nitrogens with zero attached hydrogens (tertiary/aromatic N) is 5. The number of halogens is 2. The Morgan fingerprint density at radius 3 is 2.33 bits per heavy atom. The molecule has 17 heteroatoms. The van der Waals surface area contributed by atoms with Gasteiger partial charge < -0.3 is 23.9 Å². The van der Waals surface area contributed by atoms with Gasteiger partial charge in [-0.1, -0.05) is 6.92 Å². The summed E-state index contributed by atoms with van der Waals surface area (Å²) >= 11 is 0. The van der Waals surface area contributed by atoms with Crippen molar-refractivity contribution in [3.05, 3.63) is 71.4 Å². The molecule has 1 atom stereocenters. The van der Waals surface area contributed by atoms with E-state index in [1.807, 2.05) is 0 Å². The number of piperidine rings is 1. The molecule has 3 aliphatic heterocycles. The fraction of sp³-hybridized carbons (Fsp3) is 0.457. The van der Waals surface area contributed by atoms with Crippen LogP contribution < -0.4 is 23.8 Å². The van der Waals surface area contributed by atoms with Gasteiger partial charge in [0, 0.05) is 69.2 Å². The van der Waals surface area contributed by atoms with Gasteiger partial charge in [0.2, 0.25) is 5.88 Å². The molecule has 2 amide bonds. The van der Waals surface area contributed by atoms with E-state index in [1.165, 1.54) is 49.7 Å². The summed E-state index contributed by atoms with van der Waals surface area (Å²) in [6.07, 6.45) is 1.69. The first-order valence-corrected chi connectivity index (χ1v) is 18.5. The summed E-state index contributed by atoms with van der Waals surface area (Å²) in [4.78, 5) is 43.2. The molecule has 0 spiro atoms. The number of likely N-dealkylation sites (N-methyl/N-ethyl adjacent to an activating group) is 1. The number of benzene rings is 2. The highest BCUT2D eigenvalue weighted by Gasteiger charge is 2.60. The van der Waals surface area contributed by atoms with Crippen LogP contribution in [0.25, 0.3) is 0 Å². The Kier molecular flexibility index (Phi) is 10.9. The molecular weight excluding hydrogens is 702 g/mol. The van der Waals surface area contributed by atoms with Crippen LogP contribution >= 0.6 is 0 Å². The summed E-state index contributed by atoms with van der Waals surface area (Å²) < 4.78 is 75.8. The summed E-state index contributed by atoms with van der Waals surface area (Å²) in [6, 6.07) is 8.20. The molecule has 4 heterocycles. The lowest BCUT2D eigenvalue weighted by Crippen LogP contribution is -2.56. The first-order valence-electron chi connectivity index (χ1n) is 17.1. The average Bonchev–Trinajstić information content (AvgIpc) is 3.38. The molecule has 2 fully saturated rings. The zero-order valence-electron chi connectivity index (χ0n) is 29.4. The number of ether oxygens (including phenoxy) is 3. The standard InChI is InChI=1S/C35H42F2N6O8S/c1-5-40-16-18-41(19-17-40)23-11-14-42(15-12-23)51-34(45)39-35(25-8-7-13-38-32(25)50-6-2)26-21-27(36)28(37)22-29(26)43(33(35)44)52(46,47)31-10-9-24(48-3)20-30(31)49-4/h7-10,13,20-23H,5-6,11-12,14-19H2,1-4H3,(H,39,45). The number of hydrogen-bond acceptors (Lipinski definition) is 12. The van der Waals surface area contributed by atoms with Crippen LogP contribution in [0.2, 0.25) is 0 Å². The van der Waals surface area contributed by atoms with E-state index >= 15 is 8.78 Å². The van der Waals surface area contributed by atoms with E-state index < -0.39 is 49.8 Å². The first kappa shape index (κ1) is 37.2. The van der Waals surface area contributed by atoms with Gasteiger partial charge in [0.1, 0.15) is 16.4 Å². The molecule has 3 aliphatic rings. The SMILES string of the molecule is CCOc1ncccc1C1(NC(=O)ON2CCC(N3CCN(CC)CC3)CC2)C(=O)N(S(=O)(=O)c2ccc(OC)cc2OC)c2cc(F)c(F)cc21. The van der Waals surface area contributed by atoms with Crippen LogP contribution in [-0.2, 0) is 25.2 Å². The molecule has 0 aliphatic carbocycles. The Bertz CT molecular complexity index is 1920.